The molecule has 1 amide bonds. The highest BCUT2D eigenvalue weighted by molar-refractivity contribution is 6.03. The SMILES string of the molecule is COc1c(C(=O)NCCOc2ccccc2)ccc2ccccc12. The highest BCUT2D eigenvalue weighted by Gasteiger charge is 2.14. The van der Waals surface area contributed by atoms with E-state index >= 15 is 0 Å². The first kappa shape index (κ1) is 15.9. The minimum atomic E-state index is -0.172. The summed E-state index contributed by atoms with van der Waals surface area (Å²) in [7, 11) is 1.58. The van der Waals surface area contributed by atoms with Crippen LogP contribution in [0.1, 0.15) is 10.4 Å². The van der Waals surface area contributed by atoms with E-state index in [9.17, 15) is 4.79 Å². The largest absolute Gasteiger partial charge is 0.495 e. The number of fused-ring (bicyclic) bond motifs is 1. The van der Waals surface area contributed by atoms with E-state index in [1.807, 2.05) is 60.7 Å². The van der Waals surface area contributed by atoms with Gasteiger partial charge in [-0.15, -0.1) is 0 Å². The lowest BCUT2D eigenvalue weighted by molar-refractivity contribution is 0.0944. The molecule has 0 radical (unpaired) electrons. The van der Waals surface area contributed by atoms with Crippen LogP contribution in [-0.4, -0.2) is 26.2 Å². The van der Waals surface area contributed by atoms with Crippen molar-refractivity contribution in [2.75, 3.05) is 20.3 Å². The zero-order valence-corrected chi connectivity index (χ0v) is 13.5. The van der Waals surface area contributed by atoms with Crippen molar-refractivity contribution in [1.82, 2.24) is 5.32 Å². The molecule has 122 valence electrons. The summed E-state index contributed by atoms with van der Waals surface area (Å²) >= 11 is 0. The maximum absolute atomic E-state index is 12.4. The molecule has 0 saturated carbocycles. The number of carbonyl (C=O) groups excluding carboxylic acids is 1. The molecule has 0 bridgehead atoms. The number of nitrogens with one attached hydrogen (secondary N) is 1. The van der Waals surface area contributed by atoms with Crippen molar-refractivity contribution in [2.24, 2.45) is 0 Å². The van der Waals surface area contributed by atoms with Crippen LogP contribution in [0.15, 0.2) is 66.7 Å². The first-order chi connectivity index (χ1) is 11.8. The topological polar surface area (TPSA) is 47.6 Å². The predicted octanol–water partition coefficient (Wildman–Crippen LogP) is 3.66. The first-order valence-corrected chi connectivity index (χ1v) is 7.81. The summed E-state index contributed by atoms with van der Waals surface area (Å²) in [6, 6.07) is 21.1. The second-order valence-electron chi connectivity index (χ2n) is 5.28. The minimum absolute atomic E-state index is 0.172. The standard InChI is InChI=1S/C20H19NO3/c1-23-19-17-10-6-5-7-15(17)11-12-18(19)20(22)21-13-14-24-16-8-3-2-4-9-16/h2-12H,13-14H2,1H3,(H,21,22). The number of para-hydroxylation sites is 1. The molecular formula is C20H19NO3. The number of hydrogen-bond donors (Lipinski definition) is 1. The minimum Gasteiger partial charge on any atom is -0.495 e. The van der Waals surface area contributed by atoms with E-state index in [2.05, 4.69) is 5.32 Å². The number of benzene rings is 3. The van der Waals surface area contributed by atoms with Crippen LogP contribution in [0.3, 0.4) is 0 Å². The number of carbonyl (C=O) groups is 1. The quantitative estimate of drug-likeness (QED) is 0.705. The molecule has 0 aliphatic heterocycles. The van der Waals surface area contributed by atoms with E-state index in [1.165, 1.54) is 0 Å². The van der Waals surface area contributed by atoms with Gasteiger partial charge in [-0.1, -0.05) is 48.5 Å². The third-order valence-electron chi connectivity index (χ3n) is 3.73. The second kappa shape index (κ2) is 7.51. The molecule has 1 N–H and O–H groups in total. The number of hydrogen-bond acceptors (Lipinski definition) is 3. The summed E-state index contributed by atoms with van der Waals surface area (Å²) in [6.45, 7) is 0.829. The molecule has 0 unspecified atom stereocenters. The molecule has 0 heterocycles. The monoisotopic (exact) mass is 321 g/mol. The Labute approximate surface area is 141 Å². The molecule has 0 saturated heterocycles. The third-order valence-corrected chi connectivity index (χ3v) is 3.73. The van der Waals surface area contributed by atoms with Gasteiger partial charge in [0.05, 0.1) is 19.2 Å². The van der Waals surface area contributed by atoms with Gasteiger partial charge in [0.2, 0.25) is 0 Å². The van der Waals surface area contributed by atoms with Crippen molar-refractivity contribution in [3.63, 3.8) is 0 Å². The van der Waals surface area contributed by atoms with Crippen LogP contribution in [0.5, 0.6) is 11.5 Å². The highest BCUT2D eigenvalue weighted by atomic mass is 16.5. The summed E-state index contributed by atoms with van der Waals surface area (Å²) in [5.74, 6) is 1.21. The average Bonchev–Trinajstić information content (AvgIpc) is 2.65. The molecule has 0 atom stereocenters. The summed E-state index contributed by atoms with van der Waals surface area (Å²) < 4.78 is 11.0. The van der Waals surface area contributed by atoms with Gasteiger partial charge in [0.15, 0.2) is 0 Å². The fourth-order valence-corrected chi connectivity index (χ4v) is 2.59. The van der Waals surface area contributed by atoms with Gasteiger partial charge in [-0.05, 0) is 23.6 Å². The van der Waals surface area contributed by atoms with Gasteiger partial charge in [0, 0.05) is 5.39 Å². The molecule has 0 aromatic heterocycles. The molecule has 3 aromatic rings. The van der Waals surface area contributed by atoms with Crippen LogP contribution in [-0.2, 0) is 0 Å². The Morgan fingerprint density at radius 2 is 1.71 bits per heavy atom. The molecule has 3 rings (SSSR count). The maximum atomic E-state index is 12.4. The van der Waals surface area contributed by atoms with Gasteiger partial charge in [0.25, 0.3) is 5.91 Å². The van der Waals surface area contributed by atoms with Crippen LogP contribution >= 0.6 is 0 Å². The first-order valence-electron chi connectivity index (χ1n) is 7.81. The lowest BCUT2D eigenvalue weighted by atomic mass is 10.0. The second-order valence-corrected chi connectivity index (χ2v) is 5.28. The van der Waals surface area contributed by atoms with Crippen molar-refractivity contribution < 1.29 is 14.3 Å². The number of rotatable bonds is 6. The van der Waals surface area contributed by atoms with E-state index in [4.69, 9.17) is 9.47 Å². The summed E-state index contributed by atoms with van der Waals surface area (Å²) in [4.78, 5) is 12.4. The Balaban J connectivity index is 1.65. The molecule has 4 nitrogen and oxygen atoms in total. The van der Waals surface area contributed by atoms with Gasteiger partial charge >= 0.3 is 0 Å². The lowest BCUT2D eigenvalue weighted by Crippen LogP contribution is -2.28. The smallest absolute Gasteiger partial charge is 0.255 e. The van der Waals surface area contributed by atoms with E-state index in [-0.39, 0.29) is 5.91 Å². The third kappa shape index (κ3) is 3.49. The molecule has 0 fully saturated rings. The van der Waals surface area contributed by atoms with E-state index in [0.717, 1.165) is 16.5 Å². The number of methoxy groups -OCH3 is 1. The van der Waals surface area contributed by atoms with Crippen molar-refractivity contribution in [2.45, 2.75) is 0 Å². The highest BCUT2D eigenvalue weighted by Crippen LogP contribution is 2.29. The van der Waals surface area contributed by atoms with Gasteiger partial charge in [-0.2, -0.15) is 0 Å². The lowest BCUT2D eigenvalue weighted by Gasteiger charge is -2.12. The fourth-order valence-electron chi connectivity index (χ4n) is 2.59. The fraction of sp³-hybridized carbons (Fsp3) is 0.150. The molecule has 4 heteroatoms. The van der Waals surface area contributed by atoms with Crippen LogP contribution in [0.25, 0.3) is 10.8 Å². The molecule has 0 aliphatic rings. The molecular weight excluding hydrogens is 302 g/mol. The Morgan fingerprint density at radius 1 is 0.958 bits per heavy atom. The van der Waals surface area contributed by atoms with Crippen LogP contribution in [0, 0.1) is 0 Å². The maximum Gasteiger partial charge on any atom is 0.255 e. The Morgan fingerprint density at radius 3 is 2.50 bits per heavy atom. The van der Waals surface area contributed by atoms with Gasteiger partial charge in [-0.25, -0.2) is 0 Å². The van der Waals surface area contributed by atoms with E-state index in [1.54, 1.807) is 13.2 Å². The molecule has 3 aromatic carbocycles. The summed E-state index contributed by atoms with van der Waals surface area (Å²) in [5.41, 5.74) is 0.524. The zero-order valence-electron chi connectivity index (χ0n) is 13.5. The predicted molar refractivity (Wildman–Crippen MR) is 94.8 cm³/mol. The van der Waals surface area contributed by atoms with Crippen molar-refractivity contribution in [1.29, 1.82) is 0 Å². The Kier molecular flexibility index (Phi) is 4.96. The molecule has 0 spiro atoms. The average molecular weight is 321 g/mol. The van der Waals surface area contributed by atoms with Crippen LogP contribution < -0.4 is 14.8 Å². The van der Waals surface area contributed by atoms with Gasteiger partial charge in [0.1, 0.15) is 18.1 Å². The Hall–Kier alpha value is -3.01. The number of ether oxygens (including phenoxy) is 2. The van der Waals surface area contributed by atoms with Gasteiger partial charge in [-0.3, -0.25) is 4.79 Å². The van der Waals surface area contributed by atoms with E-state index in [0.29, 0.717) is 24.5 Å². The van der Waals surface area contributed by atoms with E-state index < -0.39 is 0 Å². The van der Waals surface area contributed by atoms with Crippen molar-refractivity contribution in [3.05, 3.63) is 72.3 Å². The van der Waals surface area contributed by atoms with Crippen LogP contribution in [0.4, 0.5) is 0 Å². The van der Waals surface area contributed by atoms with Gasteiger partial charge < -0.3 is 14.8 Å². The zero-order chi connectivity index (χ0) is 16.8. The van der Waals surface area contributed by atoms with Crippen LogP contribution in [0.2, 0.25) is 0 Å². The van der Waals surface area contributed by atoms with Crippen molar-refractivity contribution in [3.8, 4) is 11.5 Å². The van der Waals surface area contributed by atoms with Crippen molar-refractivity contribution >= 4 is 16.7 Å². The normalized spacial score (nSPS) is 10.4. The summed E-state index contributed by atoms with van der Waals surface area (Å²) in [6.07, 6.45) is 0. The Bertz CT molecular complexity index is 831. The molecule has 24 heavy (non-hydrogen) atoms. The summed E-state index contributed by atoms with van der Waals surface area (Å²) in [5, 5.41) is 4.83. The number of amides is 1. The molecule has 0 aliphatic carbocycles.